The topological polar surface area (TPSA) is 61.8 Å². The van der Waals surface area contributed by atoms with E-state index in [1.54, 1.807) is 12.3 Å². The van der Waals surface area contributed by atoms with Crippen molar-refractivity contribution in [3.05, 3.63) is 94.9 Å². The third-order valence-corrected chi connectivity index (χ3v) is 4.24. The van der Waals surface area contributed by atoms with Crippen LogP contribution in [0.1, 0.15) is 17.0 Å². The molecule has 2 aromatic carbocycles. The SMILES string of the molecule is OC(c1ccccc1)(c1ccccc1)c1nc2ncc(Cl)cc2[nH]1. The van der Waals surface area contributed by atoms with Gasteiger partial charge in [-0.2, -0.15) is 0 Å². The van der Waals surface area contributed by atoms with Gasteiger partial charge >= 0.3 is 0 Å². The molecule has 0 aliphatic carbocycles. The Morgan fingerprint density at radius 1 is 0.917 bits per heavy atom. The molecule has 4 aromatic rings. The number of aliphatic hydroxyl groups is 1. The number of halogens is 1. The smallest absolute Gasteiger partial charge is 0.177 e. The molecule has 2 heterocycles. The van der Waals surface area contributed by atoms with Crippen LogP contribution in [-0.2, 0) is 5.60 Å². The number of benzene rings is 2. The van der Waals surface area contributed by atoms with E-state index in [1.165, 1.54) is 0 Å². The molecule has 24 heavy (non-hydrogen) atoms. The summed E-state index contributed by atoms with van der Waals surface area (Å²) in [7, 11) is 0. The molecule has 0 saturated carbocycles. The van der Waals surface area contributed by atoms with E-state index in [0.29, 0.717) is 22.0 Å². The fraction of sp³-hybridized carbons (Fsp3) is 0.0526. The highest BCUT2D eigenvalue weighted by Crippen LogP contribution is 2.35. The molecule has 0 unspecified atom stereocenters. The first-order valence-corrected chi connectivity index (χ1v) is 7.91. The van der Waals surface area contributed by atoms with Gasteiger partial charge in [0, 0.05) is 6.20 Å². The van der Waals surface area contributed by atoms with Crippen LogP contribution in [0.5, 0.6) is 0 Å². The predicted molar refractivity (Wildman–Crippen MR) is 93.9 cm³/mol. The Balaban J connectivity index is 1.98. The Labute approximate surface area is 143 Å². The van der Waals surface area contributed by atoms with E-state index in [2.05, 4.69) is 15.0 Å². The van der Waals surface area contributed by atoms with Gasteiger partial charge in [0.1, 0.15) is 0 Å². The molecule has 0 amide bonds. The Bertz CT molecular complexity index is 944. The number of hydrogen-bond acceptors (Lipinski definition) is 3. The maximum atomic E-state index is 11.6. The molecular weight excluding hydrogens is 322 g/mol. The fourth-order valence-corrected chi connectivity index (χ4v) is 3.00. The van der Waals surface area contributed by atoms with Gasteiger partial charge in [-0.05, 0) is 17.2 Å². The monoisotopic (exact) mass is 335 g/mol. The molecule has 2 aromatic heterocycles. The van der Waals surface area contributed by atoms with Gasteiger partial charge in [-0.1, -0.05) is 72.3 Å². The summed E-state index contributed by atoms with van der Waals surface area (Å²) >= 11 is 6.00. The maximum Gasteiger partial charge on any atom is 0.177 e. The quantitative estimate of drug-likeness (QED) is 0.597. The molecule has 0 saturated heterocycles. The second kappa shape index (κ2) is 5.74. The molecule has 2 N–H and O–H groups in total. The van der Waals surface area contributed by atoms with Crippen LogP contribution < -0.4 is 0 Å². The van der Waals surface area contributed by atoms with Gasteiger partial charge in [-0.15, -0.1) is 0 Å². The molecule has 4 rings (SSSR count). The zero-order valence-electron chi connectivity index (χ0n) is 12.6. The highest BCUT2D eigenvalue weighted by molar-refractivity contribution is 6.31. The van der Waals surface area contributed by atoms with E-state index < -0.39 is 5.60 Å². The molecule has 0 fully saturated rings. The number of pyridine rings is 1. The van der Waals surface area contributed by atoms with Crippen LogP contribution in [-0.4, -0.2) is 20.1 Å². The van der Waals surface area contributed by atoms with Crippen LogP contribution in [0.4, 0.5) is 0 Å². The van der Waals surface area contributed by atoms with Crippen molar-refractivity contribution in [3.63, 3.8) is 0 Å². The molecule has 4 nitrogen and oxygen atoms in total. The number of H-pyrrole nitrogens is 1. The van der Waals surface area contributed by atoms with Gasteiger partial charge in [0.05, 0.1) is 10.5 Å². The standard InChI is InChI=1S/C19H14ClN3O/c20-15-11-16-17(21-12-15)23-18(22-16)19(24,13-7-3-1-4-8-13)14-9-5-2-6-10-14/h1-12,24H,(H,21,22,23). The molecule has 0 aliphatic rings. The number of nitrogens with one attached hydrogen (secondary N) is 1. The Kier molecular flexibility index (Phi) is 3.56. The third kappa shape index (κ3) is 2.37. The van der Waals surface area contributed by atoms with E-state index in [0.717, 1.165) is 11.1 Å². The average Bonchev–Trinajstić information content (AvgIpc) is 3.06. The maximum absolute atomic E-state index is 11.6. The van der Waals surface area contributed by atoms with Crippen molar-refractivity contribution >= 4 is 22.8 Å². The molecule has 0 aliphatic heterocycles. The first-order chi connectivity index (χ1) is 11.7. The summed E-state index contributed by atoms with van der Waals surface area (Å²) in [6, 6.07) is 20.6. The van der Waals surface area contributed by atoms with Gasteiger partial charge in [-0.25, -0.2) is 9.97 Å². The van der Waals surface area contributed by atoms with Crippen molar-refractivity contribution < 1.29 is 5.11 Å². The van der Waals surface area contributed by atoms with Crippen molar-refractivity contribution in [2.45, 2.75) is 5.60 Å². The second-order valence-electron chi connectivity index (χ2n) is 5.55. The lowest BCUT2D eigenvalue weighted by Gasteiger charge is -2.27. The van der Waals surface area contributed by atoms with Crippen LogP contribution in [0.2, 0.25) is 5.02 Å². The van der Waals surface area contributed by atoms with Crippen LogP contribution in [0.3, 0.4) is 0 Å². The largest absolute Gasteiger partial charge is 0.373 e. The van der Waals surface area contributed by atoms with Crippen molar-refractivity contribution in [2.24, 2.45) is 0 Å². The van der Waals surface area contributed by atoms with Crippen molar-refractivity contribution in [2.75, 3.05) is 0 Å². The summed E-state index contributed by atoms with van der Waals surface area (Å²) in [6.07, 6.45) is 1.54. The van der Waals surface area contributed by atoms with Crippen LogP contribution in [0.15, 0.2) is 72.9 Å². The lowest BCUT2D eigenvalue weighted by Crippen LogP contribution is -2.30. The van der Waals surface area contributed by atoms with Crippen LogP contribution >= 0.6 is 11.6 Å². The zero-order valence-corrected chi connectivity index (χ0v) is 13.4. The van der Waals surface area contributed by atoms with Gasteiger partial charge < -0.3 is 10.1 Å². The number of rotatable bonds is 3. The normalized spacial score (nSPS) is 11.8. The van der Waals surface area contributed by atoms with Gasteiger partial charge in [0.15, 0.2) is 17.1 Å². The number of hydrogen-bond donors (Lipinski definition) is 2. The Morgan fingerprint density at radius 2 is 1.50 bits per heavy atom. The van der Waals surface area contributed by atoms with E-state index >= 15 is 0 Å². The molecule has 0 radical (unpaired) electrons. The number of aromatic nitrogens is 3. The minimum atomic E-state index is -1.41. The third-order valence-electron chi connectivity index (χ3n) is 4.03. The number of imidazole rings is 1. The van der Waals surface area contributed by atoms with Gasteiger partial charge in [0.25, 0.3) is 0 Å². The summed E-state index contributed by atoms with van der Waals surface area (Å²) in [5, 5.41) is 12.2. The van der Waals surface area contributed by atoms with Crippen molar-refractivity contribution in [1.82, 2.24) is 15.0 Å². The van der Waals surface area contributed by atoms with Crippen LogP contribution in [0.25, 0.3) is 11.2 Å². The lowest BCUT2D eigenvalue weighted by atomic mass is 9.85. The number of nitrogens with zero attached hydrogens (tertiary/aromatic N) is 2. The Morgan fingerprint density at radius 3 is 2.08 bits per heavy atom. The van der Waals surface area contributed by atoms with E-state index in [9.17, 15) is 5.11 Å². The summed E-state index contributed by atoms with van der Waals surface area (Å²) < 4.78 is 0. The second-order valence-corrected chi connectivity index (χ2v) is 5.99. The fourth-order valence-electron chi connectivity index (χ4n) is 2.84. The summed E-state index contributed by atoms with van der Waals surface area (Å²) in [5.41, 5.74) is 1.24. The molecule has 0 bridgehead atoms. The van der Waals surface area contributed by atoms with E-state index in [1.807, 2.05) is 60.7 Å². The van der Waals surface area contributed by atoms with E-state index in [4.69, 9.17) is 11.6 Å². The molecular formula is C19H14ClN3O. The predicted octanol–water partition coefficient (Wildman–Crippen LogP) is 3.90. The average molecular weight is 336 g/mol. The molecule has 5 heteroatoms. The highest BCUT2D eigenvalue weighted by Gasteiger charge is 2.37. The Hall–Kier alpha value is -2.69. The molecule has 0 atom stereocenters. The highest BCUT2D eigenvalue weighted by atomic mass is 35.5. The van der Waals surface area contributed by atoms with Crippen molar-refractivity contribution in [3.8, 4) is 0 Å². The minimum absolute atomic E-state index is 0.407. The summed E-state index contributed by atoms with van der Waals surface area (Å²) in [6.45, 7) is 0. The van der Waals surface area contributed by atoms with E-state index in [-0.39, 0.29) is 0 Å². The minimum Gasteiger partial charge on any atom is -0.373 e. The van der Waals surface area contributed by atoms with Crippen LogP contribution in [0, 0.1) is 0 Å². The lowest BCUT2D eigenvalue weighted by molar-refractivity contribution is 0.117. The first kappa shape index (κ1) is 14.9. The first-order valence-electron chi connectivity index (χ1n) is 7.53. The summed E-state index contributed by atoms with van der Waals surface area (Å²) in [4.78, 5) is 11.9. The van der Waals surface area contributed by atoms with Gasteiger partial charge in [-0.3, -0.25) is 0 Å². The van der Waals surface area contributed by atoms with Crippen molar-refractivity contribution in [1.29, 1.82) is 0 Å². The number of aromatic amines is 1. The zero-order chi connectivity index (χ0) is 16.6. The molecule has 0 spiro atoms. The molecule has 118 valence electrons. The summed E-state index contributed by atoms with van der Waals surface area (Å²) in [5.74, 6) is 0.407. The van der Waals surface area contributed by atoms with Gasteiger partial charge in [0.2, 0.25) is 0 Å². The number of fused-ring (bicyclic) bond motifs is 1.